The molecule has 1 fully saturated rings. The van der Waals surface area contributed by atoms with Gasteiger partial charge in [-0.2, -0.15) is 9.40 Å². The van der Waals surface area contributed by atoms with E-state index in [2.05, 4.69) is 10.1 Å². The SMILES string of the molecule is Cc1nccn1CC1CCCN1S(=O)(=O)c1cnn(C)c1. The summed E-state index contributed by atoms with van der Waals surface area (Å²) in [4.78, 5) is 4.45. The Hall–Kier alpha value is -1.67. The quantitative estimate of drug-likeness (QED) is 0.836. The van der Waals surface area contributed by atoms with Crippen molar-refractivity contribution in [3.63, 3.8) is 0 Å². The molecule has 1 atom stereocenters. The fourth-order valence-corrected chi connectivity index (χ4v) is 4.47. The first kappa shape index (κ1) is 14.3. The Kier molecular flexibility index (Phi) is 3.58. The third kappa shape index (κ3) is 2.60. The van der Waals surface area contributed by atoms with Crippen LogP contribution in [0.25, 0.3) is 0 Å². The lowest BCUT2D eigenvalue weighted by atomic mass is 10.2. The Bertz CT molecular complexity index is 733. The van der Waals surface area contributed by atoms with Crippen molar-refractivity contribution in [2.24, 2.45) is 7.05 Å². The van der Waals surface area contributed by atoms with Gasteiger partial charge in [0.1, 0.15) is 10.7 Å². The molecule has 2 aromatic heterocycles. The molecule has 2 aromatic rings. The second kappa shape index (κ2) is 5.27. The molecule has 1 saturated heterocycles. The van der Waals surface area contributed by atoms with Crippen molar-refractivity contribution in [1.82, 2.24) is 23.6 Å². The van der Waals surface area contributed by atoms with Gasteiger partial charge in [0.15, 0.2) is 0 Å². The Morgan fingerprint density at radius 3 is 2.86 bits per heavy atom. The summed E-state index contributed by atoms with van der Waals surface area (Å²) in [7, 11) is -1.75. The summed E-state index contributed by atoms with van der Waals surface area (Å²) >= 11 is 0. The van der Waals surface area contributed by atoms with E-state index in [9.17, 15) is 8.42 Å². The lowest BCUT2D eigenvalue weighted by Gasteiger charge is -2.24. The zero-order valence-electron chi connectivity index (χ0n) is 12.2. The van der Waals surface area contributed by atoms with E-state index in [1.165, 1.54) is 10.9 Å². The second-order valence-corrected chi connectivity index (χ2v) is 7.28. The van der Waals surface area contributed by atoms with E-state index in [4.69, 9.17) is 0 Å². The molecule has 0 N–H and O–H groups in total. The van der Waals surface area contributed by atoms with Crippen molar-refractivity contribution in [2.75, 3.05) is 6.54 Å². The summed E-state index contributed by atoms with van der Waals surface area (Å²) in [6.45, 7) is 3.13. The topological polar surface area (TPSA) is 73.0 Å². The van der Waals surface area contributed by atoms with Gasteiger partial charge in [0.25, 0.3) is 0 Å². The van der Waals surface area contributed by atoms with Crippen molar-refractivity contribution in [3.05, 3.63) is 30.6 Å². The normalized spacial score (nSPS) is 20.2. The van der Waals surface area contributed by atoms with Crippen molar-refractivity contribution in [1.29, 1.82) is 0 Å². The molecular formula is C13H19N5O2S. The maximum Gasteiger partial charge on any atom is 0.246 e. The van der Waals surface area contributed by atoms with E-state index < -0.39 is 10.0 Å². The molecular weight excluding hydrogens is 290 g/mol. The van der Waals surface area contributed by atoms with Crippen LogP contribution >= 0.6 is 0 Å². The standard InChI is InChI=1S/C13H19N5O2S/c1-11-14-5-7-17(11)9-12-4-3-6-18(12)21(19,20)13-8-15-16(2)10-13/h5,7-8,10,12H,3-4,6,9H2,1-2H3. The smallest absolute Gasteiger partial charge is 0.246 e. The van der Waals surface area contributed by atoms with Gasteiger partial charge < -0.3 is 4.57 Å². The number of hydrogen-bond donors (Lipinski definition) is 0. The van der Waals surface area contributed by atoms with Gasteiger partial charge in [-0.3, -0.25) is 4.68 Å². The molecule has 3 rings (SSSR count). The molecule has 1 aliphatic rings. The van der Waals surface area contributed by atoms with Gasteiger partial charge >= 0.3 is 0 Å². The number of rotatable bonds is 4. The van der Waals surface area contributed by atoms with E-state index >= 15 is 0 Å². The second-order valence-electron chi connectivity index (χ2n) is 5.39. The number of aryl methyl sites for hydroxylation is 2. The molecule has 1 unspecified atom stereocenters. The van der Waals surface area contributed by atoms with Gasteiger partial charge in [0.05, 0.1) is 6.20 Å². The molecule has 21 heavy (non-hydrogen) atoms. The molecule has 1 aliphatic heterocycles. The molecule has 8 heteroatoms. The molecule has 114 valence electrons. The van der Waals surface area contributed by atoms with Gasteiger partial charge in [-0.1, -0.05) is 0 Å². The van der Waals surface area contributed by atoms with Crippen molar-refractivity contribution in [3.8, 4) is 0 Å². The van der Waals surface area contributed by atoms with E-state index in [-0.39, 0.29) is 10.9 Å². The van der Waals surface area contributed by atoms with Crippen LogP contribution in [0.5, 0.6) is 0 Å². The molecule has 0 radical (unpaired) electrons. The van der Waals surface area contributed by atoms with Crippen LogP contribution < -0.4 is 0 Å². The minimum atomic E-state index is -3.47. The number of sulfonamides is 1. The zero-order chi connectivity index (χ0) is 15.0. The molecule has 0 bridgehead atoms. The Balaban J connectivity index is 1.85. The number of aromatic nitrogens is 4. The number of nitrogens with zero attached hydrogens (tertiary/aromatic N) is 5. The molecule has 0 spiro atoms. The highest BCUT2D eigenvalue weighted by atomic mass is 32.2. The molecule has 3 heterocycles. The van der Waals surface area contributed by atoms with Crippen LogP contribution in [0.3, 0.4) is 0 Å². The fourth-order valence-electron chi connectivity index (χ4n) is 2.80. The van der Waals surface area contributed by atoms with E-state index in [0.717, 1.165) is 18.7 Å². The lowest BCUT2D eigenvalue weighted by molar-refractivity contribution is 0.350. The minimum absolute atomic E-state index is 0.0249. The van der Waals surface area contributed by atoms with Crippen LogP contribution in [-0.2, 0) is 23.6 Å². The van der Waals surface area contributed by atoms with E-state index in [1.54, 1.807) is 23.7 Å². The summed E-state index contributed by atoms with van der Waals surface area (Å²) in [5.41, 5.74) is 0. The van der Waals surface area contributed by atoms with Gasteiger partial charge in [-0.15, -0.1) is 0 Å². The molecule has 0 amide bonds. The maximum atomic E-state index is 12.7. The van der Waals surface area contributed by atoms with E-state index in [0.29, 0.717) is 13.1 Å². The average Bonchev–Trinajstić information content (AvgIpc) is 3.13. The van der Waals surface area contributed by atoms with Crippen LogP contribution in [0.1, 0.15) is 18.7 Å². The molecule has 7 nitrogen and oxygen atoms in total. The van der Waals surface area contributed by atoms with Gasteiger partial charge in [0.2, 0.25) is 10.0 Å². The van der Waals surface area contributed by atoms with Gasteiger partial charge in [-0.25, -0.2) is 13.4 Å². The minimum Gasteiger partial charge on any atom is -0.334 e. The lowest BCUT2D eigenvalue weighted by Crippen LogP contribution is -2.38. The van der Waals surface area contributed by atoms with E-state index in [1.807, 2.05) is 17.7 Å². The largest absolute Gasteiger partial charge is 0.334 e. The Morgan fingerprint density at radius 1 is 1.43 bits per heavy atom. The number of hydrogen-bond acceptors (Lipinski definition) is 4. The summed E-state index contributed by atoms with van der Waals surface area (Å²) in [6, 6.07) is -0.0249. The summed E-state index contributed by atoms with van der Waals surface area (Å²) in [5.74, 6) is 0.903. The van der Waals surface area contributed by atoms with Crippen molar-refractivity contribution >= 4 is 10.0 Å². The maximum absolute atomic E-state index is 12.7. The summed E-state index contributed by atoms with van der Waals surface area (Å²) in [6.07, 6.45) is 8.35. The van der Waals surface area contributed by atoms with Crippen LogP contribution in [0, 0.1) is 6.92 Å². The fraction of sp³-hybridized carbons (Fsp3) is 0.538. The Labute approximate surface area is 124 Å². The molecule has 0 aliphatic carbocycles. The summed E-state index contributed by atoms with van der Waals surface area (Å²) < 4.78 is 30.6. The number of imidazole rings is 1. The van der Waals surface area contributed by atoms with Gasteiger partial charge in [-0.05, 0) is 19.8 Å². The van der Waals surface area contributed by atoms with Crippen LogP contribution in [0.2, 0.25) is 0 Å². The van der Waals surface area contributed by atoms with Crippen molar-refractivity contribution in [2.45, 2.75) is 37.2 Å². The van der Waals surface area contributed by atoms with Gasteiger partial charge in [0, 0.05) is 44.8 Å². The molecule has 0 aromatic carbocycles. The highest BCUT2D eigenvalue weighted by molar-refractivity contribution is 7.89. The third-order valence-corrected chi connectivity index (χ3v) is 5.85. The average molecular weight is 309 g/mol. The third-order valence-electron chi connectivity index (χ3n) is 3.94. The highest BCUT2D eigenvalue weighted by Crippen LogP contribution is 2.26. The van der Waals surface area contributed by atoms with Crippen LogP contribution in [-0.4, -0.2) is 44.6 Å². The van der Waals surface area contributed by atoms with Crippen molar-refractivity contribution < 1.29 is 8.42 Å². The summed E-state index contributed by atoms with van der Waals surface area (Å²) in [5, 5.41) is 3.96. The predicted molar refractivity (Wildman–Crippen MR) is 77.1 cm³/mol. The molecule has 0 saturated carbocycles. The zero-order valence-corrected chi connectivity index (χ0v) is 13.0. The first-order valence-corrected chi connectivity index (χ1v) is 8.41. The van der Waals surface area contributed by atoms with Crippen LogP contribution in [0.4, 0.5) is 0 Å². The van der Waals surface area contributed by atoms with Crippen LogP contribution in [0.15, 0.2) is 29.7 Å². The highest BCUT2D eigenvalue weighted by Gasteiger charge is 2.36. The first-order valence-electron chi connectivity index (χ1n) is 6.97. The Morgan fingerprint density at radius 2 is 2.24 bits per heavy atom. The first-order chi connectivity index (χ1) is 9.98. The predicted octanol–water partition coefficient (Wildman–Crippen LogP) is 0.778. The monoisotopic (exact) mass is 309 g/mol.